The van der Waals surface area contributed by atoms with E-state index in [2.05, 4.69) is 10.3 Å². The predicted molar refractivity (Wildman–Crippen MR) is 135 cm³/mol. The number of carbonyl (C=O) groups is 1. The van der Waals surface area contributed by atoms with Gasteiger partial charge in [-0.05, 0) is 54.3 Å². The minimum atomic E-state index is -0.524. The number of aromatic nitrogens is 2. The van der Waals surface area contributed by atoms with E-state index >= 15 is 0 Å². The lowest BCUT2D eigenvalue weighted by Gasteiger charge is -2.11. The van der Waals surface area contributed by atoms with Gasteiger partial charge in [0.05, 0.1) is 25.1 Å². The van der Waals surface area contributed by atoms with Crippen LogP contribution in [0, 0.1) is 0 Å². The summed E-state index contributed by atoms with van der Waals surface area (Å²) in [5, 5.41) is 3.22. The van der Waals surface area contributed by atoms with Crippen molar-refractivity contribution in [2.75, 3.05) is 20.8 Å². The Morgan fingerprint density at radius 2 is 1.66 bits per heavy atom. The van der Waals surface area contributed by atoms with Crippen molar-refractivity contribution < 1.29 is 14.3 Å². The molecule has 0 unspecified atom stereocenters. The van der Waals surface area contributed by atoms with Crippen LogP contribution >= 0.6 is 0 Å². The van der Waals surface area contributed by atoms with Crippen LogP contribution in [0.15, 0.2) is 76.3 Å². The molecule has 8 nitrogen and oxygen atoms in total. The second-order valence-electron chi connectivity index (χ2n) is 8.08. The monoisotopic (exact) mass is 473 g/mol. The third-order valence-corrected chi connectivity index (χ3v) is 5.86. The van der Waals surface area contributed by atoms with Gasteiger partial charge in [0.25, 0.3) is 11.5 Å². The van der Waals surface area contributed by atoms with E-state index in [-0.39, 0.29) is 12.5 Å². The molecule has 1 amide bonds. The van der Waals surface area contributed by atoms with Crippen molar-refractivity contribution in [1.82, 2.24) is 14.9 Å². The molecule has 4 aromatic rings. The van der Waals surface area contributed by atoms with Crippen molar-refractivity contribution in [3.63, 3.8) is 0 Å². The molecule has 0 aliphatic heterocycles. The number of fused-ring (bicyclic) bond motifs is 1. The van der Waals surface area contributed by atoms with Gasteiger partial charge in [-0.15, -0.1) is 0 Å². The van der Waals surface area contributed by atoms with Crippen LogP contribution in [-0.2, 0) is 19.4 Å². The zero-order chi connectivity index (χ0) is 24.8. The van der Waals surface area contributed by atoms with Gasteiger partial charge < -0.3 is 19.8 Å². The van der Waals surface area contributed by atoms with Crippen molar-refractivity contribution >= 4 is 16.8 Å². The molecule has 2 N–H and O–H groups in total. The Balaban J connectivity index is 1.48. The highest BCUT2D eigenvalue weighted by Gasteiger charge is 2.12. The first-order chi connectivity index (χ1) is 17.0. The third kappa shape index (κ3) is 5.43. The number of amides is 1. The van der Waals surface area contributed by atoms with Gasteiger partial charge in [-0.3, -0.25) is 14.2 Å². The van der Waals surface area contributed by atoms with Crippen LogP contribution in [0.1, 0.15) is 21.5 Å². The Morgan fingerprint density at radius 3 is 2.40 bits per heavy atom. The summed E-state index contributed by atoms with van der Waals surface area (Å²) in [6.45, 7) is 0.677. The summed E-state index contributed by atoms with van der Waals surface area (Å²) in [6.07, 6.45) is 1.17. The summed E-state index contributed by atoms with van der Waals surface area (Å²) in [5.41, 5.74) is 1.81. The first kappa shape index (κ1) is 23.8. The minimum absolute atomic E-state index is 0.196. The zero-order valence-electron chi connectivity index (χ0n) is 19.7. The van der Waals surface area contributed by atoms with E-state index in [0.717, 1.165) is 11.1 Å². The van der Waals surface area contributed by atoms with Crippen LogP contribution in [0.3, 0.4) is 0 Å². The van der Waals surface area contributed by atoms with Crippen molar-refractivity contribution in [3.05, 3.63) is 104 Å². The third-order valence-electron chi connectivity index (χ3n) is 5.86. The highest BCUT2D eigenvalue weighted by Crippen LogP contribution is 2.27. The number of ether oxygens (including phenoxy) is 2. The number of nitrogens with zero attached hydrogens (tertiary/aromatic N) is 1. The molecular formula is C27H27N3O5. The smallest absolute Gasteiger partial charge is 0.328 e. The number of aromatic amines is 1. The molecule has 1 aromatic heterocycles. The zero-order valence-corrected chi connectivity index (χ0v) is 19.7. The van der Waals surface area contributed by atoms with Crippen molar-refractivity contribution in [3.8, 4) is 11.5 Å². The van der Waals surface area contributed by atoms with Crippen LogP contribution in [0.25, 0.3) is 10.9 Å². The van der Waals surface area contributed by atoms with Gasteiger partial charge in [0.15, 0.2) is 11.5 Å². The number of aryl methyl sites for hydroxylation is 1. The van der Waals surface area contributed by atoms with Crippen LogP contribution in [0.4, 0.5) is 0 Å². The average Bonchev–Trinajstić information content (AvgIpc) is 2.88. The lowest BCUT2D eigenvalue weighted by atomic mass is 10.1. The van der Waals surface area contributed by atoms with Crippen LogP contribution in [-0.4, -0.2) is 36.2 Å². The lowest BCUT2D eigenvalue weighted by Crippen LogP contribution is -2.35. The number of methoxy groups -OCH3 is 2. The molecule has 0 saturated carbocycles. The highest BCUT2D eigenvalue weighted by molar-refractivity contribution is 5.97. The number of rotatable bonds is 9. The second kappa shape index (κ2) is 10.7. The molecule has 3 aromatic carbocycles. The fourth-order valence-electron chi connectivity index (χ4n) is 3.94. The maximum Gasteiger partial charge on any atom is 0.328 e. The molecule has 0 radical (unpaired) electrons. The van der Waals surface area contributed by atoms with Gasteiger partial charge in [0.1, 0.15) is 0 Å². The molecular weight excluding hydrogens is 446 g/mol. The van der Waals surface area contributed by atoms with Crippen LogP contribution in [0.2, 0.25) is 0 Å². The van der Waals surface area contributed by atoms with E-state index in [0.29, 0.717) is 47.4 Å². The summed E-state index contributed by atoms with van der Waals surface area (Å²) in [7, 11) is 3.11. The molecule has 0 aliphatic rings. The highest BCUT2D eigenvalue weighted by atomic mass is 16.5. The number of hydrogen-bond acceptors (Lipinski definition) is 5. The molecule has 0 bridgehead atoms. The van der Waals surface area contributed by atoms with Crippen LogP contribution < -0.4 is 26.0 Å². The Bertz CT molecular complexity index is 1460. The predicted octanol–water partition coefficient (Wildman–Crippen LogP) is 2.92. The van der Waals surface area contributed by atoms with Gasteiger partial charge in [0.2, 0.25) is 0 Å². The molecule has 35 heavy (non-hydrogen) atoms. The summed E-state index contributed by atoms with van der Waals surface area (Å²) < 4.78 is 11.7. The average molecular weight is 474 g/mol. The van der Waals surface area contributed by atoms with Gasteiger partial charge in [0, 0.05) is 18.7 Å². The van der Waals surface area contributed by atoms with E-state index < -0.39 is 11.2 Å². The van der Waals surface area contributed by atoms with Gasteiger partial charge >= 0.3 is 5.69 Å². The SMILES string of the molecule is COc1ccc(CCn2c(=O)[nH]c3cc(C(=O)NCCc4ccccc4)ccc3c2=O)cc1OC. The number of benzene rings is 3. The van der Waals surface area contributed by atoms with E-state index in [1.165, 1.54) is 10.6 Å². The summed E-state index contributed by atoms with van der Waals surface area (Å²) in [5.74, 6) is 0.928. The van der Waals surface area contributed by atoms with Crippen molar-refractivity contribution in [2.24, 2.45) is 0 Å². The van der Waals surface area contributed by atoms with Crippen LogP contribution in [0.5, 0.6) is 11.5 Å². The first-order valence-electron chi connectivity index (χ1n) is 11.3. The molecule has 0 spiro atoms. The molecule has 180 valence electrons. The Hall–Kier alpha value is -4.33. The summed E-state index contributed by atoms with van der Waals surface area (Å²) in [6, 6.07) is 20.0. The first-order valence-corrected chi connectivity index (χ1v) is 11.3. The summed E-state index contributed by atoms with van der Waals surface area (Å²) >= 11 is 0. The quantitative estimate of drug-likeness (QED) is 0.389. The number of hydrogen-bond donors (Lipinski definition) is 2. The molecule has 0 fully saturated rings. The molecule has 8 heteroatoms. The minimum Gasteiger partial charge on any atom is -0.493 e. The molecule has 4 rings (SSSR count). The molecule has 0 atom stereocenters. The van der Waals surface area contributed by atoms with E-state index in [1.54, 1.807) is 32.4 Å². The number of carbonyl (C=O) groups excluding carboxylic acids is 1. The standard InChI is InChI=1S/C27H27N3O5/c1-34-23-11-8-19(16-24(23)35-2)13-15-30-26(32)21-10-9-20(17-22(21)29-27(30)33)25(31)28-14-12-18-6-4-3-5-7-18/h3-11,16-17H,12-15H2,1-2H3,(H,28,31)(H,29,33). The fourth-order valence-corrected chi connectivity index (χ4v) is 3.94. The second-order valence-corrected chi connectivity index (χ2v) is 8.08. The maximum atomic E-state index is 13.0. The topological polar surface area (TPSA) is 102 Å². The molecule has 1 heterocycles. The Kier molecular flexibility index (Phi) is 7.30. The Labute approximate surface area is 202 Å². The largest absolute Gasteiger partial charge is 0.493 e. The normalized spacial score (nSPS) is 10.8. The molecule has 0 saturated heterocycles. The van der Waals surface area contributed by atoms with Crippen molar-refractivity contribution in [2.45, 2.75) is 19.4 Å². The number of nitrogens with one attached hydrogen (secondary N) is 2. The fraction of sp³-hybridized carbons (Fsp3) is 0.222. The van der Waals surface area contributed by atoms with Gasteiger partial charge in [-0.25, -0.2) is 4.79 Å². The van der Waals surface area contributed by atoms with E-state index in [9.17, 15) is 14.4 Å². The van der Waals surface area contributed by atoms with Crippen molar-refractivity contribution in [1.29, 1.82) is 0 Å². The number of H-pyrrole nitrogens is 1. The lowest BCUT2D eigenvalue weighted by molar-refractivity contribution is 0.0954. The van der Waals surface area contributed by atoms with E-state index in [4.69, 9.17) is 9.47 Å². The van der Waals surface area contributed by atoms with Gasteiger partial charge in [-0.1, -0.05) is 36.4 Å². The maximum absolute atomic E-state index is 13.0. The molecule has 0 aliphatic carbocycles. The van der Waals surface area contributed by atoms with Gasteiger partial charge in [-0.2, -0.15) is 0 Å². The summed E-state index contributed by atoms with van der Waals surface area (Å²) in [4.78, 5) is 41.0. The van der Waals surface area contributed by atoms with E-state index in [1.807, 2.05) is 42.5 Å². The Morgan fingerprint density at radius 1 is 0.886 bits per heavy atom.